The first-order valence-electron chi connectivity index (χ1n) is 11.6. The molecule has 8 heteroatoms. The molecule has 2 aromatic carbocycles. The molecule has 0 unspecified atom stereocenters. The Labute approximate surface area is 209 Å². The van der Waals surface area contributed by atoms with E-state index in [4.69, 9.17) is 15.0 Å². The summed E-state index contributed by atoms with van der Waals surface area (Å²) in [6.45, 7) is 4.19. The van der Waals surface area contributed by atoms with Gasteiger partial charge in [-0.1, -0.05) is 36.0 Å². The molecule has 35 heavy (non-hydrogen) atoms. The maximum absolute atomic E-state index is 8.80. The molecule has 1 aliphatic rings. The van der Waals surface area contributed by atoms with Crippen LogP contribution in [0.1, 0.15) is 22.6 Å². The molecule has 1 fully saturated rings. The van der Waals surface area contributed by atoms with E-state index in [1.165, 1.54) is 16.8 Å². The van der Waals surface area contributed by atoms with Gasteiger partial charge in [0.15, 0.2) is 0 Å². The lowest BCUT2D eigenvalue weighted by Gasteiger charge is -2.28. The number of nitriles is 1. The topological polar surface area (TPSA) is 79.9 Å². The molecule has 2 aromatic heterocycles. The predicted molar refractivity (Wildman–Crippen MR) is 136 cm³/mol. The third kappa shape index (κ3) is 6.27. The lowest BCUT2D eigenvalue weighted by Crippen LogP contribution is -2.36. The molecule has 0 spiro atoms. The molecule has 176 valence electrons. The standard InChI is InChI=1S/C27H26N6OS/c28-11-9-23-19-32(20-30-23)18-22-3-7-25(8-4-22)35-27-10-12-29-26(31-27)17-21-1-5-24(6-2-21)33-13-15-34-16-14-33/h1-8,10,12,19-20H,9,13-18H2. The fraction of sp³-hybridized carbons (Fsp3) is 0.259. The van der Waals surface area contributed by atoms with E-state index in [1.54, 1.807) is 18.1 Å². The number of ether oxygens (including phenoxy) is 1. The molecule has 1 saturated heterocycles. The summed E-state index contributed by atoms with van der Waals surface area (Å²) in [7, 11) is 0. The second kappa shape index (κ2) is 11.2. The van der Waals surface area contributed by atoms with Crippen molar-refractivity contribution in [2.75, 3.05) is 31.2 Å². The summed E-state index contributed by atoms with van der Waals surface area (Å²) in [5.74, 6) is 0.819. The van der Waals surface area contributed by atoms with E-state index in [0.717, 1.165) is 54.3 Å². The lowest BCUT2D eigenvalue weighted by molar-refractivity contribution is 0.122. The molecule has 0 saturated carbocycles. The zero-order valence-corrected chi connectivity index (χ0v) is 20.2. The number of rotatable bonds is 8. The summed E-state index contributed by atoms with van der Waals surface area (Å²) in [5, 5.41) is 9.73. The number of benzene rings is 2. The molecule has 5 rings (SSSR count). The van der Waals surface area contributed by atoms with Crippen molar-refractivity contribution in [1.82, 2.24) is 19.5 Å². The molecule has 0 radical (unpaired) electrons. The van der Waals surface area contributed by atoms with Crippen molar-refractivity contribution in [3.8, 4) is 6.07 Å². The van der Waals surface area contributed by atoms with Crippen LogP contribution in [-0.2, 0) is 24.1 Å². The van der Waals surface area contributed by atoms with Crippen molar-refractivity contribution in [1.29, 1.82) is 5.26 Å². The highest BCUT2D eigenvalue weighted by Crippen LogP contribution is 2.26. The molecule has 1 aliphatic heterocycles. The first kappa shape index (κ1) is 23.1. The van der Waals surface area contributed by atoms with Gasteiger partial charge in [-0.25, -0.2) is 15.0 Å². The highest BCUT2D eigenvalue weighted by Gasteiger charge is 2.11. The maximum atomic E-state index is 8.80. The highest BCUT2D eigenvalue weighted by molar-refractivity contribution is 7.99. The Morgan fingerprint density at radius 2 is 1.71 bits per heavy atom. The minimum atomic E-state index is 0.337. The molecule has 0 aliphatic carbocycles. The van der Waals surface area contributed by atoms with Crippen LogP contribution in [0.2, 0.25) is 0 Å². The van der Waals surface area contributed by atoms with Crippen molar-refractivity contribution in [2.45, 2.75) is 29.3 Å². The van der Waals surface area contributed by atoms with Crippen molar-refractivity contribution >= 4 is 17.4 Å². The highest BCUT2D eigenvalue weighted by atomic mass is 32.2. The Morgan fingerprint density at radius 1 is 0.943 bits per heavy atom. The number of anilines is 1. The summed E-state index contributed by atoms with van der Waals surface area (Å²) in [4.78, 5) is 17.0. The minimum Gasteiger partial charge on any atom is -0.378 e. The van der Waals surface area contributed by atoms with E-state index in [-0.39, 0.29) is 0 Å². The van der Waals surface area contributed by atoms with Gasteiger partial charge < -0.3 is 14.2 Å². The van der Waals surface area contributed by atoms with Gasteiger partial charge in [0.25, 0.3) is 0 Å². The van der Waals surface area contributed by atoms with Gasteiger partial charge in [0.2, 0.25) is 0 Å². The molecule has 7 nitrogen and oxygen atoms in total. The van der Waals surface area contributed by atoms with Crippen LogP contribution in [0.5, 0.6) is 0 Å². The van der Waals surface area contributed by atoms with Crippen molar-refractivity contribution in [2.24, 2.45) is 0 Å². The summed E-state index contributed by atoms with van der Waals surface area (Å²) in [6, 6.07) is 21.2. The van der Waals surface area contributed by atoms with Crippen molar-refractivity contribution in [3.05, 3.63) is 96.0 Å². The molecule has 0 bridgehead atoms. The minimum absolute atomic E-state index is 0.337. The third-order valence-corrected chi connectivity index (χ3v) is 6.76. The maximum Gasteiger partial charge on any atom is 0.133 e. The number of hydrogen-bond acceptors (Lipinski definition) is 7. The van der Waals surface area contributed by atoms with Crippen LogP contribution in [0.3, 0.4) is 0 Å². The van der Waals surface area contributed by atoms with Gasteiger partial charge in [0, 0.05) is 49.0 Å². The Morgan fingerprint density at radius 3 is 2.49 bits per heavy atom. The smallest absolute Gasteiger partial charge is 0.133 e. The van der Waals surface area contributed by atoms with E-state index in [1.807, 2.05) is 23.0 Å². The zero-order chi connectivity index (χ0) is 23.9. The van der Waals surface area contributed by atoms with Crippen LogP contribution in [0.4, 0.5) is 5.69 Å². The number of morpholine rings is 1. The van der Waals surface area contributed by atoms with Gasteiger partial charge in [-0.15, -0.1) is 0 Å². The third-order valence-electron chi connectivity index (χ3n) is 5.81. The molecule has 0 atom stereocenters. The first-order valence-corrected chi connectivity index (χ1v) is 12.4. The van der Waals surface area contributed by atoms with E-state index >= 15 is 0 Å². The normalized spacial score (nSPS) is 13.5. The Kier molecular flexibility index (Phi) is 7.37. The summed E-state index contributed by atoms with van der Waals surface area (Å²) >= 11 is 1.63. The van der Waals surface area contributed by atoms with Crippen LogP contribution in [-0.4, -0.2) is 45.8 Å². The van der Waals surface area contributed by atoms with E-state index in [2.05, 4.69) is 69.5 Å². The second-order valence-corrected chi connectivity index (χ2v) is 9.47. The molecular weight excluding hydrogens is 456 g/mol. The fourth-order valence-electron chi connectivity index (χ4n) is 4.01. The van der Waals surface area contributed by atoms with Gasteiger partial charge in [0.05, 0.1) is 37.7 Å². The molecule has 3 heterocycles. The average molecular weight is 483 g/mol. The molecule has 0 amide bonds. The fourth-order valence-corrected chi connectivity index (χ4v) is 4.80. The van der Waals surface area contributed by atoms with E-state index in [9.17, 15) is 0 Å². The van der Waals surface area contributed by atoms with Gasteiger partial charge in [0.1, 0.15) is 10.9 Å². The van der Waals surface area contributed by atoms with Gasteiger partial charge >= 0.3 is 0 Å². The summed E-state index contributed by atoms with van der Waals surface area (Å²) < 4.78 is 7.44. The predicted octanol–water partition coefficient (Wildman–Crippen LogP) is 4.37. The summed E-state index contributed by atoms with van der Waals surface area (Å²) in [6.07, 6.45) is 6.57. The van der Waals surface area contributed by atoms with Crippen molar-refractivity contribution < 1.29 is 4.74 Å². The lowest BCUT2D eigenvalue weighted by atomic mass is 10.1. The average Bonchev–Trinajstić information content (AvgIpc) is 3.33. The van der Waals surface area contributed by atoms with Crippen LogP contribution in [0, 0.1) is 11.3 Å². The number of nitrogens with zero attached hydrogens (tertiary/aromatic N) is 6. The Balaban J connectivity index is 1.18. The van der Waals surface area contributed by atoms with E-state index in [0.29, 0.717) is 12.8 Å². The number of imidazole rings is 1. The largest absolute Gasteiger partial charge is 0.378 e. The number of hydrogen-bond donors (Lipinski definition) is 0. The summed E-state index contributed by atoms with van der Waals surface area (Å²) in [5.41, 5.74) is 4.42. The Hall–Kier alpha value is -3.67. The van der Waals surface area contributed by atoms with Gasteiger partial charge in [-0.3, -0.25) is 0 Å². The van der Waals surface area contributed by atoms with Crippen LogP contribution in [0.15, 0.2) is 83.2 Å². The molecule has 0 N–H and O–H groups in total. The quantitative estimate of drug-likeness (QED) is 0.345. The van der Waals surface area contributed by atoms with Gasteiger partial charge in [-0.05, 0) is 41.5 Å². The van der Waals surface area contributed by atoms with Crippen molar-refractivity contribution in [3.63, 3.8) is 0 Å². The number of aromatic nitrogens is 4. The second-order valence-electron chi connectivity index (χ2n) is 8.37. The van der Waals surface area contributed by atoms with Crippen LogP contribution < -0.4 is 4.90 Å². The Bertz CT molecular complexity index is 1290. The van der Waals surface area contributed by atoms with Crippen LogP contribution >= 0.6 is 11.8 Å². The first-order chi connectivity index (χ1) is 17.2. The molecular formula is C27H26N6OS. The monoisotopic (exact) mass is 482 g/mol. The zero-order valence-electron chi connectivity index (χ0n) is 19.4. The van der Waals surface area contributed by atoms with E-state index < -0.39 is 0 Å². The van der Waals surface area contributed by atoms with Gasteiger partial charge in [-0.2, -0.15) is 5.26 Å². The van der Waals surface area contributed by atoms with Crippen LogP contribution in [0.25, 0.3) is 0 Å². The SMILES string of the molecule is N#CCc1cn(Cc2ccc(Sc3ccnc(Cc4ccc(N5CCOCC5)cc4)n3)cc2)cn1. The molecule has 4 aromatic rings.